The number of aryl methyl sites for hydroxylation is 1. The van der Waals surface area contributed by atoms with E-state index in [9.17, 15) is 16.8 Å². The van der Waals surface area contributed by atoms with Gasteiger partial charge in [0.15, 0.2) is 9.84 Å². The Morgan fingerprint density at radius 3 is 2.11 bits per heavy atom. The molecule has 0 unspecified atom stereocenters. The normalized spacial score (nSPS) is 13.4. The van der Waals surface area contributed by atoms with Crippen LogP contribution in [-0.4, -0.2) is 23.4 Å². The highest BCUT2D eigenvalue weighted by Gasteiger charge is 2.32. The average Bonchev–Trinajstić information content (AvgIpc) is 3.16. The zero-order valence-corrected chi connectivity index (χ0v) is 17.3. The minimum atomic E-state index is -3.93. The molecule has 148 valence electrons. The third-order valence-electron chi connectivity index (χ3n) is 4.17. The van der Waals surface area contributed by atoms with Crippen LogP contribution in [-0.2, 0) is 19.9 Å². The third kappa shape index (κ3) is 4.47. The smallest absolute Gasteiger partial charge is 0.240 e. The van der Waals surface area contributed by atoms with E-state index in [1.807, 2.05) is 6.92 Å². The van der Waals surface area contributed by atoms with E-state index in [0.29, 0.717) is 5.02 Å². The predicted octanol–water partition coefficient (Wildman–Crippen LogP) is 3.73. The standard InChI is InChI=1S/C19H18ClNO5S2/c1-14-4-8-17(9-5-14)28(24,25)21-13-19(18-3-2-12-26-18)27(22,23)16-10-6-15(20)7-11-16/h2-12,19,21H,13H2,1H3/t19-/m1/s1. The molecule has 6 nitrogen and oxygen atoms in total. The molecule has 0 aliphatic heterocycles. The molecule has 0 aliphatic carbocycles. The first-order valence-electron chi connectivity index (χ1n) is 8.29. The van der Waals surface area contributed by atoms with E-state index < -0.39 is 25.1 Å². The van der Waals surface area contributed by atoms with Crippen molar-refractivity contribution in [3.63, 3.8) is 0 Å². The molecule has 3 rings (SSSR count). The van der Waals surface area contributed by atoms with Crippen LogP contribution < -0.4 is 4.72 Å². The summed E-state index contributed by atoms with van der Waals surface area (Å²) in [4.78, 5) is 0.0769. The number of benzene rings is 2. The highest BCUT2D eigenvalue weighted by atomic mass is 35.5. The van der Waals surface area contributed by atoms with Crippen LogP contribution in [0.3, 0.4) is 0 Å². The van der Waals surface area contributed by atoms with Crippen molar-refractivity contribution >= 4 is 31.5 Å². The fraction of sp³-hybridized carbons (Fsp3) is 0.158. The molecule has 2 aromatic carbocycles. The molecule has 0 radical (unpaired) electrons. The van der Waals surface area contributed by atoms with Crippen molar-refractivity contribution in [2.45, 2.75) is 22.0 Å². The summed E-state index contributed by atoms with van der Waals surface area (Å²) in [5, 5.41) is -0.836. The number of sulfonamides is 1. The highest BCUT2D eigenvalue weighted by Crippen LogP contribution is 2.30. The molecular formula is C19H18ClNO5S2. The Bertz CT molecular complexity index is 1140. The average molecular weight is 440 g/mol. The largest absolute Gasteiger partial charge is 0.468 e. The molecule has 28 heavy (non-hydrogen) atoms. The first kappa shape index (κ1) is 20.6. The molecule has 0 aliphatic rings. The van der Waals surface area contributed by atoms with Gasteiger partial charge in [0.1, 0.15) is 11.0 Å². The molecule has 3 aromatic rings. The third-order valence-corrected chi connectivity index (χ3v) is 7.94. The van der Waals surface area contributed by atoms with E-state index in [1.54, 1.807) is 18.2 Å². The SMILES string of the molecule is Cc1ccc(S(=O)(=O)NC[C@H](c2ccco2)S(=O)(=O)c2ccc(Cl)cc2)cc1. The molecule has 0 spiro atoms. The molecule has 1 atom stereocenters. The van der Waals surface area contributed by atoms with Crippen molar-refractivity contribution in [3.05, 3.63) is 83.3 Å². The van der Waals surface area contributed by atoms with Crippen LogP contribution in [0, 0.1) is 6.92 Å². The summed E-state index contributed by atoms with van der Waals surface area (Å²) >= 11 is 5.84. The number of sulfone groups is 1. The number of furan rings is 1. The summed E-state index contributed by atoms with van der Waals surface area (Å²) < 4.78 is 59.0. The van der Waals surface area contributed by atoms with Crippen LogP contribution >= 0.6 is 11.6 Å². The Kier molecular flexibility index (Phi) is 5.95. The van der Waals surface area contributed by atoms with Crippen molar-refractivity contribution < 1.29 is 21.3 Å². The van der Waals surface area contributed by atoms with Gasteiger partial charge in [0.05, 0.1) is 16.1 Å². The summed E-state index contributed by atoms with van der Waals surface area (Å²) in [5.74, 6) is 0.140. The second kappa shape index (κ2) is 8.08. The van der Waals surface area contributed by atoms with Gasteiger partial charge in [0.25, 0.3) is 0 Å². The monoisotopic (exact) mass is 439 g/mol. The molecule has 0 saturated heterocycles. The lowest BCUT2D eigenvalue weighted by atomic mass is 10.2. The van der Waals surface area contributed by atoms with Crippen LogP contribution in [0.1, 0.15) is 16.6 Å². The molecule has 1 aromatic heterocycles. The number of nitrogens with one attached hydrogen (secondary N) is 1. The molecule has 0 saturated carbocycles. The van der Waals surface area contributed by atoms with E-state index in [1.165, 1.54) is 48.7 Å². The maximum absolute atomic E-state index is 13.1. The van der Waals surface area contributed by atoms with E-state index in [0.717, 1.165) is 5.56 Å². The van der Waals surface area contributed by atoms with E-state index in [2.05, 4.69) is 4.72 Å². The van der Waals surface area contributed by atoms with Gasteiger partial charge >= 0.3 is 0 Å². The first-order chi connectivity index (χ1) is 13.2. The van der Waals surface area contributed by atoms with Crippen molar-refractivity contribution in [2.24, 2.45) is 0 Å². The quantitative estimate of drug-likeness (QED) is 0.605. The molecular weight excluding hydrogens is 422 g/mol. The molecule has 1 N–H and O–H groups in total. The Hall–Kier alpha value is -2.13. The molecule has 0 fully saturated rings. The van der Waals surface area contributed by atoms with Gasteiger partial charge in [-0.15, -0.1) is 0 Å². The molecule has 9 heteroatoms. The van der Waals surface area contributed by atoms with Gasteiger partial charge in [-0.25, -0.2) is 21.6 Å². The molecule has 0 bridgehead atoms. The Balaban J connectivity index is 1.91. The van der Waals surface area contributed by atoms with Gasteiger partial charge in [-0.05, 0) is 55.5 Å². The molecule has 1 heterocycles. The summed E-state index contributed by atoms with van der Waals surface area (Å²) in [6, 6.07) is 15.0. The van der Waals surface area contributed by atoms with E-state index >= 15 is 0 Å². The summed E-state index contributed by atoms with van der Waals surface area (Å²) in [5.41, 5.74) is 0.915. The molecule has 0 amide bonds. The fourth-order valence-corrected chi connectivity index (χ4v) is 5.48. The maximum Gasteiger partial charge on any atom is 0.240 e. The van der Waals surface area contributed by atoms with Crippen LogP contribution in [0.15, 0.2) is 81.1 Å². The van der Waals surface area contributed by atoms with Crippen LogP contribution in [0.5, 0.6) is 0 Å². The summed E-state index contributed by atoms with van der Waals surface area (Å²) in [6.45, 7) is 1.46. The lowest BCUT2D eigenvalue weighted by molar-refractivity contribution is 0.486. The van der Waals surface area contributed by atoms with Crippen LogP contribution in [0.2, 0.25) is 5.02 Å². The predicted molar refractivity (Wildman–Crippen MR) is 106 cm³/mol. The van der Waals surface area contributed by atoms with Crippen molar-refractivity contribution in [3.8, 4) is 0 Å². The van der Waals surface area contributed by atoms with Crippen molar-refractivity contribution in [1.29, 1.82) is 0 Å². The van der Waals surface area contributed by atoms with Gasteiger partial charge in [0, 0.05) is 11.6 Å². The second-order valence-electron chi connectivity index (χ2n) is 6.17. The zero-order valence-electron chi connectivity index (χ0n) is 14.9. The highest BCUT2D eigenvalue weighted by molar-refractivity contribution is 7.92. The Morgan fingerprint density at radius 1 is 0.929 bits per heavy atom. The van der Waals surface area contributed by atoms with Gasteiger partial charge in [0.2, 0.25) is 10.0 Å². The van der Waals surface area contributed by atoms with Crippen LogP contribution in [0.25, 0.3) is 0 Å². The lowest BCUT2D eigenvalue weighted by Crippen LogP contribution is -2.31. The van der Waals surface area contributed by atoms with Gasteiger partial charge < -0.3 is 4.42 Å². The summed E-state index contributed by atoms with van der Waals surface area (Å²) in [7, 11) is -7.82. The topological polar surface area (TPSA) is 93.4 Å². The summed E-state index contributed by atoms with van der Waals surface area (Å²) in [6.07, 6.45) is 1.34. The maximum atomic E-state index is 13.1. The van der Waals surface area contributed by atoms with Crippen molar-refractivity contribution in [2.75, 3.05) is 6.54 Å². The Morgan fingerprint density at radius 2 is 1.54 bits per heavy atom. The lowest BCUT2D eigenvalue weighted by Gasteiger charge is -2.17. The van der Waals surface area contributed by atoms with E-state index in [-0.39, 0.29) is 22.1 Å². The van der Waals surface area contributed by atoms with Crippen molar-refractivity contribution in [1.82, 2.24) is 4.72 Å². The second-order valence-corrected chi connectivity index (χ2v) is 10.5. The van der Waals surface area contributed by atoms with Gasteiger partial charge in [-0.3, -0.25) is 0 Å². The number of hydrogen-bond acceptors (Lipinski definition) is 5. The fourth-order valence-electron chi connectivity index (χ4n) is 2.61. The van der Waals surface area contributed by atoms with Gasteiger partial charge in [-0.1, -0.05) is 29.3 Å². The van der Waals surface area contributed by atoms with Crippen LogP contribution in [0.4, 0.5) is 0 Å². The minimum Gasteiger partial charge on any atom is -0.468 e. The van der Waals surface area contributed by atoms with E-state index in [4.69, 9.17) is 16.0 Å². The number of hydrogen-bond donors (Lipinski definition) is 1. The first-order valence-corrected chi connectivity index (χ1v) is 11.7. The van der Waals surface area contributed by atoms with Gasteiger partial charge in [-0.2, -0.15) is 0 Å². The zero-order chi connectivity index (χ0) is 20.4. The minimum absolute atomic E-state index is 0.0211. The number of halogens is 1. The Labute approximate surface area is 169 Å². The number of rotatable bonds is 7.